The molecule has 0 radical (unpaired) electrons. The van der Waals surface area contributed by atoms with Gasteiger partial charge in [0.25, 0.3) is 5.91 Å². The minimum absolute atomic E-state index is 0.136. The Morgan fingerprint density at radius 1 is 1.00 bits per heavy atom. The van der Waals surface area contributed by atoms with Gasteiger partial charge in [0.05, 0.1) is 7.11 Å². The van der Waals surface area contributed by atoms with Crippen LogP contribution in [0.1, 0.15) is 33.1 Å². The summed E-state index contributed by atoms with van der Waals surface area (Å²) in [5.41, 5.74) is 4.81. The lowest BCUT2D eigenvalue weighted by atomic mass is 9.87. The van der Waals surface area contributed by atoms with Crippen molar-refractivity contribution in [3.63, 3.8) is 0 Å². The van der Waals surface area contributed by atoms with Crippen LogP contribution in [0.4, 0.5) is 5.69 Å². The van der Waals surface area contributed by atoms with Gasteiger partial charge in [0.2, 0.25) is 19.3 Å². The van der Waals surface area contributed by atoms with Gasteiger partial charge in [-0.05, 0) is 67.4 Å². The average Bonchev–Trinajstić information content (AvgIpc) is 3.54. The van der Waals surface area contributed by atoms with Gasteiger partial charge in [0, 0.05) is 29.4 Å². The van der Waals surface area contributed by atoms with Crippen molar-refractivity contribution in [1.29, 1.82) is 0 Å². The molecule has 1 unspecified atom stereocenters. The first-order valence-electron chi connectivity index (χ1n) is 11.6. The number of hydrogen-bond donors (Lipinski definition) is 1. The Morgan fingerprint density at radius 2 is 1.77 bits per heavy atom. The fraction of sp³-hybridized carbons (Fsp3) is 0.296. The third kappa shape index (κ3) is 3.89. The molecule has 0 spiro atoms. The maximum atomic E-state index is 12.7. The molecule has 0 aliphatic carbocycles. The fourth-order valence-corrected chi connectivity index (χ4v) is 4.97. The van der Waals surface area contributed by atoms with Gasteiger partial charge in [-0.3, -0.25) is 9.69 Å². The Bertz CT molecular complexity index is 1290. The van der Waals surface area contributed by atoms with Crippen molar-refractivity contribution in [1.82, 2.24) is 4.90 Å². The third-order valence-corrected chi connectivity index (χ3v) is 6.82. The molecule has 0 saturated heterocycles. The number of carbonyl (C=O) groups excluding carboxylic acids is 1. The van der Waals surface area contributed by atoms with Crippen molar-refractivity contribution >= 4 is 11.6 Å². The molecule has 3 aromatic rings. The summed E-state index contributed by atoms with van der Waals surface area (Å²) in [7, 11) is 3.82. The summed E-state index contributed by atoms with van der Waals surface area (Å²) in [5, 5.41) is 2.96. The van der Waals surface area contributed by atoms with Gasteiger partial charge in [0.15, 0.2) is 23.0 Å². The summed E-state index contributed by atoms with van der Waals surface area (Å²) in [5.74, 6) is 3.25. The van der Waals surface area contributed by atoms with Crippen LogP contribution in [0, 0.1) is 0 Å². The molecule has 1 atom stereocenters. The Hall–Kier alpha value is -3.91. The number of anilines is 1. The third-order valence-electron chi connectivity index (χ3n) is 6.82. The number of nitrogens with one attached hydrogen (secondary N) is 1. The van der Waals surface area contributed by atoms with Gasteiger partial charge < -0.3 is 29.0 Å². The van der Waals surface area contributed by atoms with Gasteiger partial charge >= 0.3 is 0 Å². The molecule has 6 rings (SSSR count). The van der Waals surface area contributed by atoms with Crippen molar-refractivity contribution in [3.05, 3.63) is 70.8 Å². The first-order valence-corrected chi connectivity index (χ1v) is 11.6. The number of hydrogen-bond acceptors (Lipinski definition) is 7. The zero-order valence-electron chi connectivity index (χ0n) is 19.6. The zero-order chi connectivity index (χ0) is 23.9. The molecule has 0 fully saturated rings. The topological polar surface area (TPSA) is 78.5 Å². The molecule has 35 heavy (non-hydrogen) atoms. The molecule has 3 heterocycles. The van der Waals surface area contributed by atoms with E-state index in [1.807, 2.05) is 12.1 Å². The number of benzene rings is 3. The molecule has 3 aliphatic rings. The largest absolute Gasteiger partial charge is 0.492 e. The molecule has 180 valence electrons. The highest BCUT2D eigenvalue weighted by atomic mass is 16.7. The van der Waals surface area contributed by atoms with Crippen molar-refractivity contribution in [3.8, 4) is 28.7 Å². The van der Waals surface area contributed by atoms with Crippen LogP contribution >= 0.6 is 0 Å². The molecule has 1 N–H and O–H groups in total. The van der Waals surface area contributed by atoms with Crippen molar-refractivity contribution in [2.24, 2.45) is 0 Å². The summed E-state index contributed by atoms with van der Waals surface area (Å²) < 4.78 is 27.8. The second-order valence-electron chi connectivity index (χ2n) is 8.89. The first kappa shape index (κ1) is 21.6. The average molecular weight is 475 g/mol. The quantitative estimate of drug-likeness (QED) is 0.595. The molecule has 0 bridgehead atoms. The standard InChI is InChI=1S/C27H26N2O6/c1-29-10-9-17-12-23-25(35-15-34-23)26(31-2)24(17)20(29)11-16-3-6-19(7-4-16)28-27(30)18-5-8-21-22(13-18)33-14-32-21/h3-8,12-13,20H,9-11,14-15H2,1-2H3,(H,28,30). The minimum Gasteiger partial charge on any atom is -0.492 e. The molecule has 3 aromatic carbocycles. The van der Waals surface area contributed by atoms with Gasteiger partial charge in [0.1, 0.15) is 0 Å². The minimum atomic E-state index is -0.196. The molecular formula is C27H26N2O6. The van der Waals surface area contributed by atoms with Crippen LogP contribution in [-0.2, 0) is 12.8 Å². The lowest BCUT2D eigenvalue weighted by Gasteiger charge is -2.36. The van der Waals surface area contributed by atoms with Gasteiger partial charge in [-0.25, -0.2) is 0 Å². The van der Waals surface area contributed by atoms with Crippen molar-refractivity contribution in [2.45, 2.75) is 18.9 Å². The van der Waals surface area contributed by atoms with E-state index in [2.05, 4.69) is 35.5 Å². The Labute approximate surface area is 203 Å². The Morgan fingerprint density at radius 3 is 2.60 bits per heavy atom. The Balaban J connectivity index is 1.20. The first-order chi connectivity index (χ1) is 17.1. The number of amides is 1. The van der Waals surface area contributed by atoms with Crippen LogP contribution in [0.3, 0.4) is 0 Å². The van der Waals surface area contributed by atoms with Crippen LogP contribution < -0.4 is 29.0 Å². The molecular weight excluding hydrogens is 448 g/mol. The van der Waals surface area contributed by atoms with E-state index in [1.165, 1.54) is 5.56 Å². The predicted molar refractivity (Wildman–Crippen MR) is 129 cm³/mol. The lowest BCUT2D eigenvalue weighted by molar-refractivity contribution is 0.102. The van der Waals surface area contributed by atoms with E-state index >= 15 is 0 Å². The summed E-state index contributed by atoms with van der Waals surface area (Å²) in [6, 6.07) is 15.4. The van der Waals surface area contributed by atoms with Gasteiger partial charge in [-0.15, -0.1) is 0 Å². The number of likely N-dealkylation sites (N-methyl/N-ethyl adjacent to an activating group) is 1. The normalized spacial score (nSPS) is 17.7. The van der Waals surface area contributed by atoms with E-state index in [-0.39, 0.29) is 25.5 Å². The van der Waals surface area contributed by atoms with Crippen molar-refractivity contribution in [2.75, 3.05) is 39.6 Å². The maximum absolute atomic E-state index is 12.7. The van der Waals surface area contributed by atoms with Gasteiger partial charge in [-0.1, -0.05) is 12.1 Å². The molecule has 8 heteroatoms. The lowest BCUT2D eigenvalue weighted by Crippen LogP contribution is -2.33. The van der Waals surface area contributed by atoms with Crippen LogP contribution in [-0.4, -0.2) is 45.1 Å². The van der Waals surface area contributed by atoms with E-state index in [1.54, 1.807) is 25.3 Å². The van der Waals surface area contributed by atoms with Crippen molar-refractivity contribution < 1.29 is 28.5 Å². The van der Waals surface area contributed by atoms with Crippen LogP contribution in [0.25, 0.3) is 0 Å². The van der Waals surface area contributed by atoms with E-state index in [9.17, 15) is 4.79 Å². The Kier molecular flexibility index (Phi) is 5.37. The molecule has 1 amide bonds. The van der Waals surface area contributed by atoms with Crippen LogP contribution in [0.2, 0.25) is 0 Å². The maximum Gasteiger partial charge on any atom is 0.255 e. The van der Waals surface area contributed by atoms with Crippen LogP contribution in [0.15, 0.2) is 48.5 Å². The molecule has 8 nitrogen and oxygen atoms in total. The summed E-state index contributed by atoms with van der Waals surface area (Å²) in [4.78, 5) is 15.1. The number of carbonyl (C=O) groups is 1. The SMILES string of the molecule is COc1c2c(cc3c1C(Cc1ccc(NC(=O)c4ccc5c(c4)OCO5)cc1)N(C)CC3)OCO2. The number of ether oxygens (including phenoxy) is 5. The molecule has 0 saturated carbocycles. The highest BCUT2D eigenvalue weighted by Gasteiger charge is 2.34. The summed E-state index contributed by atoms with van der Waals surface area (Å²) >= 11 is 0. The highest BCUT2D eigenvalue weighted by Crippen LogP contribution is 2.50. The second-order valence-corrected chi connectivity index (χ2v) is 8.89. The highest BCUT2D eigenvalue weighted by molar-refractivity contribution is 6.04. The summed E-state index contributed by atoms with van der Waals surface area (Å²) in [6.45, 7) is 1.34. The number of rotatable bonds is 5. The van der Waals surface area contributed by atoms with Gasteiger partial charge in [-0.2, -0.15) is 0 Å². The van der Waals surface area contributed by atoms with E-state index < -0.39 is 0 Å². The number of methoxy groups -OCH3 is 1. The number of fused-ring (bicyclic) bond motifs is 3. The predicted octanol–water partition coefficient (Wildman–Crippen LogP) is 4.18. The van der Waals surface area contributed by atoms with E-state index in [0.717, 1.165) is 47.7 Å². The van der Waals surface area contributed by atoms with E-state index in [4.69, 9.17) is 23.7 Å². The van der Waals surface area contributed by atoms with Crippen LogP contribution in [0.5, 0.6) is 28.7 Å². The summed E-state index contributed by atoms with van der Waals surface area (Å²) in [6.07, 6.45) is 1.73. The monoisotopic (exact) mass is 474 g/mol. The second kappa shape index (κ2) is 8.70. The molecule has 3 aliphatic heterocycles. The number of nitrogens with zero attached hydrogens (tertiary/aromatic N) is 1. The smallest absolute Gasteiger partial charge is 0.255 e. The van der Waals surface area contributed by atoms with E-state index in [0.29, 0.717) is 22.8 Å². The fourth-order valence-electron chi connectivity index (χ4n) is 4.97. The molecule has 0 aromatic heterocycles. The zero-order valence-corrected chi connectivity index (χ0v) is 19.6.